The van der Waals surface area contributed by atoms with Crippen molar-refractivity contribution in [3.8, 4) is 0 Å². The van der Waals surface area contributed by atoms with Crippen molar-refractivity contribution in [3.05, 3.63) is 23.5 Å². The summed E-state index contributed by atoms with van der Waals surface area (Å²) in [5.41, 5.74) is 1.55. The van der Waals surface area contributed by atoms with Gasteiger partial charge in [-0.3, -0.25) is 4.40 Å². The summed E-state index contributed by atoms with van der Waals surface area (Å²) >= 11 is 7.74. The van der Waals surface area contributed by atoms with E-state index in [1.165, 1.54) is 25.0 Å². The molecule has 0 aliphatic heterocycles. The maximum Gasteiger partial charge on any atom is 0.193 e. The number of fused-ring (bicyclic) bond motifs is 1. The van der Waals surface area contributed by atoms with Crippen LogP contribution in [0.3, 0.4) is 0 Å². The molecule has 2 aromatic heterocycles. The SMILES string of the molecule is ClCC1(Cc2cn3ccsc3n2)CCC1. The number of hydrogen-bond acceptors (Lipinski definition) is 2. The smallest absolute Gasteiger partial charge is 0.193 e. The minimum absolute atomic E-state index is 0.353. The van der Waals surface area contributed by atoms with Crippen LogP contribution >= 0.6 is 22.9 Å². The van der Waals surface area contributed by atoms with E-state index in [9.17, 15) is 0 Å². The van der Waals surface area contributed by atoms with Crippen LogP contribution in [-0.4, -0.2) is 15.3 Å². The topological polar surface area (TPSA) is 17.3 Å². The number of aromatic nitrogens is 2. The van der Waals surface area contributed by atoms with Gasteiger partial charge < -0.3 is 0 Å². The zero-order valence-electron chi connectivity index (χ0n) is 8.45. The number of alkyl halides is 1. The van der Waals surface area contributed by atoms with E-state index in [1.807, 2.05) is 0 Å². The molecule has 0 N–H and O–H groups in total. The Morgan fingerprint density at radius 3 is 3.00 bits per heavy atom. The van der Waals surface area contributed by atoms with E-state index in [-0.39, 0.29) is 0 Å². The zero-order chi connectivity index (χ0) is 10.3. The van der Waals surface area contributed by atoms with Crippen LogP contribution < -0.4 is 0 Å². The van der Waals surface area contributed by atoms with Crippen molar-refractivity contribution in [3.63, 3.8) is 0 Å². The first-order valence-corrected chi connectivity index (χ1v) is 6.70. The summed E-state index contributed by atoms with van der Waals surface area (Å²) in [6.07, 6.45) is 9.10. The molecule has 2 heterocycles. The lowest BCUT2D eigenvalue weighted by atomic mass is 9.67. The molecule has 0 spiro atoms. The Balaban J connectivity index is 1.85. The molecule has 2 nitrogen and oxygen atoms in total. The number of halogens is 1. The molecule has 1 fully saturated rings. The maximum absolute atomic E-state index is 6.05. The van der Waals surface area contributed by atoms with E-state index in [2.05, 4.69) is 27.2 Å². The van der Waals surface area contributed by atoms with Crippen molar-refractivity contribution >= 4 is 27.9 Å². The van der Waals surface area contributed by atoms with Crippen LogP contribution in [-0.2, 0) is 6.42 Å². The fourth-order valence-corrected chi connectivity index (χ4v) is 3.36. The highest BCUT2D eigenvalue weighted by Gasteiger charge is 2.36. The molecule has 1 saturated carbocycles. The molecular formula is C11H13ClN2S. The second-order valence-electron chi connectivity index (χ2n) is 4.49. The van der Waals surface area contributed by atoms with Crippen molar-refractivity contribution in [1.82, 2.24) is 9.38 Å². The normalized spacial score (nSPS) is 19.3. The van der Waals surface area contributed by atoms with Gasteiger partial charge in [-0.05, 0) is 24.7 Å². The van der Waals surface area contributed by atoms with Crippen LogP contribution in [0.15, 0.2) is 17.8 Å². The van der Waals surface area contributed by atoms with Crippen molar-refractivity contribution in [2.45, 2.75) is 25.7 Å². The van der Waals surface area contributed by atoms with Gasteiger partial charge in [0, 0.05) is 23.7 Å². The fourth-order valence-electron chi connectivity index (χ4n) is 2.28. The number of rotatable bonds is 3. The highest BCUT2D eigenvalue weighted by atomic mass is 35.5. The highest BCUT2D eigenvalue weighted by molar-refractivity contribution is 7.15. The third kappa shape index (κ3) is 1.58. The van der Waals surface area contributed by atoms with Gasteiger partial charge in [-0.1, -0.05) is 6.42 Å². The monoisotopic (exact) mass is 240 g/mol. The van der Waals surface area contributed by atoms with E-state index in [4.69, 9.17) is 11.6 Å². The molecule has 0 unspecified atom stereocenters. The third-order valence-electron chi connectivity index (χ3n) is 3.40. The molecule has 0 bridgehead atoms. The van der Waals surface area contributed by atoms with E-state index < -0.39 is 0 Å². The summed E-state index contributed by atoms with van der Waals surface area (Å²) in [6.45, 7) is 0. The summed E-state index contributed by atoms with van der Waals surface area (Å²) in [6, 6.07) is 0. The Hall–Kier alpha value is -0.540. The van der Waals surface area contributed by atoms with Crippen molar-refractivity contribution < 1.29 is 0 Å². The Kier molecular flexibility index (Phi) is 2.25. The molecule has 0 aromatic carbocycles. The molecule has 0 radical (unpaired) electrons. The number of imidazole rings is 1. The summed E-state index contributed by atoms with van der Waals surface area (Å²) < 4.78 is 2.10. The van der Waals surface area contributed by atoms with Gasteiger partial charge in [0.25, 0.3) is 0 Å². The van der Waals surface area contributed by atoms with Crippen molar-refractivity contribution in [2.75, 3.05) is 5.88 Å². The lowest BCUT2D eigenvalue weighted by molar-refractivity contribution is 0.164. The van der Waals surface area contributed by atoms with Crippen LogP contribution in [0.5, 0.6) is 0 Å². The first kappa shape index (κ1) is 9.67. The second kappa shape index (κ2) is 3.49. The van der Waals surface area contributed by atoms with E-state index in [0.717, 1.165) is 17.3 Å². The first-order chi connectivity index (χ1) is 7.31. The Labute approximate surface area is 97.9 Å². The molecule has 0 saturated heterocycles. The molecule has 3 rings (SSSR count). The molecule has 0 atom stereocenters. The zero-order valence-corrected chi connectivity index (χ0v) is 10.0. The lowest BCUT2D eigenvalue weighted by Gasteiger charge is -2.39. The fraction of sp³-hybridized carbons (Fsp3) is 0.545. The predicted octanol–water partition coefficient (Wildman–Crippen LogP) is 3.35. The molecular weight excluding hydrogens is 228 g/mol. The minimum atomic E-state index is 0.353. The van der Waals surface area contributed by atoms with Gasteiger partial charge in [0.05, 0.1) is 5.69 Å². The van der Waals surface area contributed by atoms with Gasteiger partial charge in [0.15, 0.2) is 4.96 Å². The van der Waals surface area contributed by atoms with E-state index >= 15 is 0 Å². The summed E-state index contributed by atoms with van der Waals surface area (Å²) in [7, 11) is 0. The highest BCUT2D eigenvalue weighted by Crippen LogP contribution is 2.44. The molecule has 2 aromatic rings. The van der Waals surface area contributed by atoms with Gasteiger partial charge in [0.2, 0.25) is 0 Å². The van der Waals surface area contributed by atoms with Crippen LogP contribution in [0.1, 0.15) is 25.0 Å². The van der Waals surface area contributed by atoms with Gasteiger partial charge in [0.1, 0.15) is 0 Å². The van der Waals surface area contributed by atoms with E-state index in [1.54, 1.807) is 11.3 Å². The van der Waals surface area contributed by atoms with Crippen LogP contribution in [0.4, 0.5) is 0 Å². The second-order valence-corrected chi connectivity index (χ2v) is 5.63. The first-order valence-electron chi connectivity index (χ1n) is 5.28. The molecule has 80 valence electrons. The van der Waals surface area contributed by atoms with Crippen molar-refractivity contribution in [1.29, 1.82) is 0 Å². The molecule has 1 aliphatic carbocycles. The number of thiazole rings is 1. The van der Waals surface area contributed by atoms with Gasteiger partial charge >= 0.3 is 0 Å². The summed E-state index contributed by atoms with van der Waals surface area (Å²) in [4.78, 5) is 5.70. The Morgan fingerprint density at radius 1 is 1.53 bits per heavy atom. The predicted molar refractivity (Wildman–Crippen MR) is 63.8 cm³/mol. The Morgan fingerprint density at radius 2 is 2.40 bits per heavy atom. The van der Waals surface area contributed by atoms with Crippen LogP contribution in [0.2, 0.25) is 0 Å². The largest absolute Gasteiger partial charge is 0.297 e. The van der Waals surface area contributed by atoms with Gasteiger partial charge in [-0.15, -0.1) is 22.9 Å². The van der Waals surface area contributed by atoms with Crippen LogP contribution in [0.25, 0.3) is 4.96 Å². The quantitative estimate of drug-likeness (QED) is 0.753. The van der Waals surface area contributed by atoms with Crippen molar-refractivity contribution in [2.24, 2.45) is 5.41 Å². The minimum Gasteiger partial charge on any atom is -0.297 e. The molecule has 15 heavy (non-hydrogen) atoms. The lowest BCUT2D eigenvalue weighted by Crippen LogP contribution is -2.33. The summed E-state index contributed by atoms with van der Waals surface area (Å²) in [5, 5.41) is 2.06. The van der Waals surface area contributed by atoms with E-state index in [0.29, 0.717) is 5.41 Å². The number of nitrogens with zero attached hydrogens (tertiary/aromatic N) is 2. The summed E-state index contributed by atoms with van der Waals surface area (Å²) in [5.74, 6) is 0.776. The average molecular weight is 241 g/mol. The van der Waals surface area contributed by atoms with Gasteiger partial charge in [-0.2, -0.15) is 0 Å². The Bertz CT molecular complexity index is 436. The standard InChI is InChI=1S/C11H13ClN2S/c12-8-11(2-1-3-11)6-9-7-14-4-5-15-10(14)13-9/h4-5,7H,1-3,6,8H2. The number of hydrogen-bond donors (Lipinski definition) is 0. The average Bonchev–Trinajstić information content (AvgIpc) is 2.70. The third-order valence-corrected chi connectivity index (χ3v) is 4.73. The van der Waals surface area contributed by atoms with Gasteiger partial charge in [-0.25, -0.2) is 4.98 Å². The maximum atomic E-state index is 6.05. The molecule has 1 aliphatic rings. The molecule has 0 amide bonds. The van der Waals surface area contributed by atoms with Crippen LogP contribution in [0, 0.1) is 5.41 Å². The molecule has 4 heteroatoms.